The molecule has 0 aliphatic heterocycles. The number of hydrogen-bond acceptors (Lipinski definition) is 3. The Morgan fingerprint density at radius 1 is 1.36 bits per heavy atom. The van der Waals surface area contributed by atoms with Crippen molar-refractivity contribution in [2.75, 3.05) is 13.7 Å². The third-order valence-electron chi connectivity index (χ3n) is 4.46. The van der Waals surface area contributed by atoms with Gasteiger partial charge in [-0.25, -0.2) is 0 Å². The molecule has 1 aliphatic rings. The van der Waals surface area contributed by atoms with E-state index in [9.17, 15) is 4.79 Å². The average Bonchev–Trinajstić information content (AvgIpc) is 2.53. The monoisotopic (exact) mass is 326 g/mol. The molecule has 0 saturated heterocycles. The van der Waals surface area contributed by atoms with Crippen LogP contribution in [0.15, 0.2) is 18.2 Å². The van der Waals surface area contributed by atoms with Gasteiger partial charge in [-0.2, -0.15) is 0 Å². The fourth-order valence-electron chi connectivity index (χ4n) is 3.12. The molecule has 3 N–H and O–H groups in total. The van der Waals surface area contributed by atoms with Gasteiger partial charge in [-0.1, -0.05) is 25.3 Å². The number of rotatable bonds is 5. The first-order valence-corrected chi connectivity index (χ1v) is 7.81. The molecular weight excluding hydrogens is 300 g/mol. The Hall–Kier alpha value is -1.26. The second-order valence-electron chi connectivity index (χ2n) is 5.90. The van der Waals surface area contributed by atoms with Crippen LogP contribution >= 0.6 is 12.4 Å². The Bertz CT molecular complexity index is 488. The van der Waals surface area contributed by atoms with Crippen LogP contribution in [-0.4, -0.2) is 25.6 Å². The predicted octanol–water partition coefficient (Wildman–Crippen LogP) is 3.06. The molecule has 0 radical (unpaired) electrons. The van der Waals surface area contributed by atoms with Gasteiger partial charge in [0.2, 0.25) is 0 Å². The van der Waals surface area contributed by atoms with E-state index in [1.807, 2.05) is 19.1 Å². The maximum atomic E-state index is 12.4. The topological polar surface area (TPSA) is 64.3 Å². The quantitative estimate of drug-likeness (QED) is 0.874. The summed E-state index contributed by atoms with van der Waals surface area (Å²) in [6.07, 6.45) is 6.13. The molecule has 1 atom stereocenters. The summed E-state index contributed by atoms with van der Waals surface area (Å²) in [7, 11) is 1.62. The van der Waals surface area contributed by atoms with Gasteiger partial charge in [-0.15, -0.1) is 12.4 Å². The Labute approximate surface area is 139 Å². The molecule has 0 heterocycles. The molecular formula is C17H27ClN2O2. The van der Waals surface area contributed by atoms with Crippen molar-refractivity contribution < 1.29 is 9.53 Å². The average molecular weight is 327 g/mol. The number of ether oxygens (including phenoxy) is 1. The summed E-state index contributed by atoms with van der Waals surface area (Å²) in [4.78, 5) is 12.4. The van der Waals surface area contributed by atoms with Gasteiger partial charge in [0.15, 0.2) is 0 Å². The van der Waals surface area contributed by atoms with Gasteiger partial charge in [0.05, 0.1) is 7.11 Å². The van der Waals surface area contributed by atoms with Gasteiger partial charge in [-0.05, 0) is 43.4 Å². The van der Waals surface area contributed by atoms with E-state index in [4.69, 9.17) is 10.5 Å². The fourth-order valence-corrected chi connectivity index (χ4v) is 3.12. The van der Waals surface area contributed by atoms with Crippen LogP contribution in [0, 0.1) is 12.8 Å². The second-order valence-corrected chi connectivity index (χ2v) is 5.90. The smallest absolute Gasteiger partial charge is 0.251 e. The largest absolute Gasteiger partial charge is 0.496 e. The Morgan fingerprint density at radius 3 is 2.64 bits per heavy atom. The number of benzene rings is 1. The molecule has 124 valence electrons. The van der Waals surface area contributed by atoms with E-state index < -0.39 is 0 Å². The zero-order chi connectivity index (χ0) is 15.2. The Kier molecular flexibility index (Phi) is 7.69. The first-order chi connectivity index (χ1) is 10.2. The summed E-state index contributed by atoms with van der Waals surface area (Å²) in [6, 6.07) is 5.61. The van der Waals surface area contributed by atoms with Gasteiger partial charge < -0.3 is 15.8 Å². The number of methoxy groups -OCH3 is 1. The van der Waals surface area contributed by atoms with E-state index >= 15 is 0 Å². The number of halogens is 1. The number of nitrogens with one attached hydrogen (secondary N) is 1. The molecule has 1 aromatic rings. The van der Waals surface area contributed by atoms with Gasteiger partial charge in [0.1, 0.15) is 5.75 Å². The number of carbonyl (C=O) groups is 1. The molecule has 1 fully saturated rings. The van der Waals surface area contributed by atoms with E-state index in [1.165, 1.54) is 32.1 Å². The lowest BCUT2D eigenvalue weighted by Gasteiger charge is -2.30. The minimum Gasteiger partial charge on any atom is -0.496 e. The van der Waals surface area contributed by atoms with E-state index in [2.05, 4.69) is 5.32 Å². The number of nitrogens with two attached hydrogens (primary N) is 1. The van der Waals surface area contributed by atoms with Crippen LogP contribution in [0.4, 0.5) is 0 Å². The zero-order valence-electron chi connectivity index (χ0n) is 13.4. The third kappa shape index (κ3) is 4.62. The van der Waals surface area contributed by atoms with Crippen molar-refractivity contribution in [1.82, 2.24) is 5.32 Å². The second kappa shape index (κ2) is 9.01. The predicted molar refractivity (Wildman–Crippen MR) is 91.9 cm³/mol. The lowest BCUT2D eigenvalue weighted by Crippen LogP contribution is -2.45. The first kappa shape index (κ1) is 18.8. The molecule has 1 saturated carbocycles. The lowest BCUT2D eigenvalue weighted by molar-refractivity contribution is 0.0915. The summed E-state index contributed by atoms with van der Waals surface area (Å²) in [6.45, 7) is 2.46. The molecule has 0 bridgehead atoms. The molecule has 0 aromatic heterocycles. The molecule has 2 rings (SSSR count). The van der Waals surface area contributed by atoms with Gasteiger partial charge in [-0.3, -0.25) is 4.79 Å². The fraction of sp³-hybridized carbons (Fsp3) is 0.588. The van der Waals surface area contributed by atoms with Crippen molar-refractivity contribution in [1.29, 1.82) is 0 Å². The summed E-state index contributed by atoms with van der Waals surface area (Å²) in [5.41, 5.74) is 7.53. The SMILES string of the molecule is COc1cc(C(=O)NC(CN)C2CCCCC2)ccc1C.Cl. The van der Waals surface area contributed by atoms with Crippen molar-refractivity contribution in [3.05, 3.63) is 29.3 Å². The summed E-state index contributed by atoms with van der Waals surface area (Å²) >= 11 is 0. The molecule has 1 unspecified atom stereocenters. The van der Waals surface area contributed by atoms with Crippen molar-refractivity contribution >= 4 is 18.3 Å². The molecule has 1 aromatic carbocycles. The molecule has 22 heavy (non-hydrogen) atoms. The van der Waals surface area contributed by atoms with Crippen molar-refractivity contribution in [2.24, 2.45) is 11.7 Å². The zero-order valence-corrected chi connectivity index (χ0v) is 14.2. The highest BCUT2D eigenvalue weighted by atomic mass is 35.5. The van der Waals surface area contributed by atoms with E-state index in [-0.39, 0.29) is 24.4 Å². The lowest BCUT2D eigenvalue weighted by atomic mass is 9.84. The van der Waals surface area contributed by atoms with E-state index in [1.54, 1.807) is 13.2 Å². The van der Waals surface area contributed by atoms with Crippen molar-refractivity contribution in [3.8, 4) is 5.75 Å². The highest BCUT2D eigenvalue weighted by Gasteiger charge is 2.24. The van der Waals surface area contributed by atoms with Crippen LogP contribution in [0.2, 0.25) is 0 Å². The molecule has 1 aliphatic carbocycles. The standard InChI is InChI=1S/C17H26N2O2.ClH/c1-12-8-9-14(10-16(12)21-2)17(20)19-15(11-18)13-6-4-3-5-7-13;/h8-10,13,15H,3-7,11,18H2,1-2H3,(H,19,20);1H. The van der Waals surface area contributed by atoms with Crippen molar-refractivity contribution in [2.45, 2.75) is 45.1 Å². The molecule has 0 spiro atoms. The highest BCUT2D eigenvalue weighted by Crippen LogP contribution is 2.26. The van der Waals surface area contributed by atoms with E-state index in [0.717, 1.165) is 11.3 Å². The third-order valence-corrected chi connectivity index (χ3v) is 4.46. The van der Waals surface area contributed by atoms with Gasteiger partial charge >= 0.3 is 0 Å². The maximum absolute atomic E-state index is 12.4. The molecule has 5 heteroatoms. The number of hydrogen-bond donors (Lipinski definition) is 2. The minimum absolute atomic E-state index is 0. The van der Waals surface area contributed by atoms with Crippen LogP contribution < -0.4 is 15.8 Å². The Morgan fingerprint density at radius 2 is 2.05 bits per heavy atom. The summed E-state index contributed by atoms with van der Waals surface area (Å²) < 4.78 is 5.28. The number of aryl methyl sites for hydroxylation is 1. The molecule has 4 nitrogen and oxygen atoms in total. The maximum Gasteiger partial charge on any atom is 0.251 e. The van der Waals surface area contributed by atoms with Crippen LogP contribution in [0.3, 0.4) is 0 Å². The van der Waals surface area contributed by atoms with E-state index in [0.29, 0.717) is 18.0 Å². The summed E-state index contributed by atoms with van der Waals surface area (Å²) in [5.74, 6) is 1.19. The van der Waals surface area contributed by atoms with Gasteiger partial charge in [0, 0.05) is 18.2 Å². The molecule has 1 amide bonds. The Balaban J connectivity index is 0.00000242. The highest BCUT2D eigenvalue weighted by molar-refractivity contribution is 5.95. The van der Waals surface area contributed by atoms with Crippen LogP contribution in [0.5, 0.6) is 5.75 Å². The van der Waals surface area contributed by atoms with Crippen LogP contribution in [0.25, 0.3) is 0 Å². The number of amides is 1. The first-order valence-electron chi connectivity index (χ1n) is 7.81. The normalized spacial score (nSPS) is 16.5. The summed E-state index contributed by atoms with van der Waals surface area (Å²) in [5, 5.41) is 3.10. The number of carbonyl (C=O) groups excluding carboxylic acids is 1. The van der Waals surface area contributed by atoms with Crippen LogP contribution in [-0.2, 0) is 0 Å². The van der Waals surface area contributed by atoms with Crippen molar-refractivity contribution in [3.63, 3.8) is 0 Å². The van der Waals surface area contributed by atoms with Gasteiger partial charge in [0.25, 0.3) is 5.91 Å². The minimum atomic E-state index is -0.0608. The van der Waals surface area contributed by atoms with Crippen LogP contribution in [0.1, 0.15) is 48.0 Å².